The monoisotopic (exact) mass is 163 g/mol. The summed E-state index contributed by atoms with van der Waals surface area (Å²) in [6, 6.07) is 7.75. The molecular weight excluding hydrogens is 152 g/mol. The summed E-state index contributed by atoms with van der Waals surface area (Å²) < 4.78 is 0. The normalized spacial score (nSPS) is 9.50. The van der Waals surface area contributed by atoms with Crippen LogP contribution < -0.4 is 5.73 Å². The van der Waals surface area contributed by atoms with E-state index in [1.807, 2.05) is 0 Å². The van der Waals surface area contributed by atoms with Crippen molar-refractivity contribution in [3.63, 3.8) is 0 Å². The van der Waals surface area contributed by atoms with Crippen LogP contribution in [0.15, 0.2) is 18.2 Å². The zero-order valence-corrected chi connectivity index (χ0v) is 7.16. The number of hydrogen-bond donors (Lipinski definition) is 1. The maximum absolute atomic E-state index is 11.4. The molecule has 1 rings (SSSR count). The summed E-state index contributed by atoms with van der Waals surface area (Å²) in [6.07, 6.45) is 0. The lowest BCUT2D eigenvalue weighted by molar-refractivity contribution is 0.0828. The van der Waals surface area contributed by atoms with Crippen LogP contribution in [0.2, 0.25) is 0 Å². The Bertz CT molecular complexity index is 294. The molecule has 1 aromatic rings. The Labute approximate surface area is 71.8 Å². The van der Waals surface area contributed by atoms with Crippen LogP contribution in [0.25, 0.3) is 0 Å². The highest BCUT2D eigenvalue weighted by Crippen LogP contribution is 2.11. The van der Waals surface area contributed by atoms with Crippen molar-refractivity contribution in [1.29, 1.82) is 0 Å². The molecule has 0 aromatic heterocycles. The lowest BCUT2D eigenvalue weighted by Crippen LogP contribution is -2.22. The third-order valence-corrected chi connectivity index (χ3v) is 1.53. The van der Waals surface area contributed by atoms with Crippen molar-refractivity contribution in [2.45, 2.75) is 0 Å². The molecule has 0 aliphatic rings. The van der Waals surface area contributed by atoms with Crippen LogP contribution in [-0.2, 0) is 0 Å². The fraction of sp³-hybridized carbons (Fsp3) is 0.222. The summed E-state index contributed by atoms with van der Waals surface area (Å²) in [5, 5.41) is 0. The maximum Gasteiger partial charge on any atom is 0.255 e. The number of nitrogens with zero attached hydrogens (tertiary/aromatic N) is 1. The van der Waals surface area contributed by atoms with E-state index in [9.17, 15) is 4.79 Å². The number of rotatable bonds is 1. The molecule has 0 aliphatic heterocycles. The van der Waals surface area contributed by atoms with Gasteiger partial charge in [-0.25, -0.2) is 0 Å². The zero-order valence-electron chi connectivity index (χ0n) is 7.16. The standard InChI is InChI=1S/C9H11N2O/c1-11(2)9(12)7-5-3-4-6-8(7)10/h4-6H,10H2,1-2H3. The van der Waals surface area contributed by atoms with Gasteiger partial charge in [0, 0.05) is 19.8 Å². The van der Waals surface area contributed by atoms with E-state index in [0.29, 0.717) is 11.3 Å². The highest BCUT2D eigenvalue weighted by molar-refractivity contribution is 5.98. The van der Waals surface area contributed by atoms with Crippen molar-refractivity contribution < 1.29 is 4.79 Å². The summed E-state index contributed by atoms with van der Waals surface area (Å²) >= 11 is 0. The van der Waals surface area contributed by atoms with Gasteiger partial charge in [0.1, 0.15) is 0 Å². The van der Waals surface area contributed by atoms with E-state index >= 15 is 0 Å². The van der Waals surface area contributed by atoms with Gasteiger partial charge in [-0.05, 0) is 18.2 Å². The summed E-state index contributed by atoms with van der Waals surface area (Å²) in [5.74, 6) is -0.0932. The molecule has 0 bridgehead atoms. The number of anilines is 1. The number of carbonyl (C=O) groups is 1. The van der Waals surface area contributed by atoms with E-state index in [0.717, 1.165) is 0 Å². The highest BCUT2D eigenvalue weighted by Gasteiger charge is 2.09. The van der Waals surface area contributed by atoms with Crippen molar-refractivity contribution in [2.24, 2.45) is 0 Å². The summed E-state index contributed by atoms with van der Waals surface area (Å²) in [6.45, 7) is 0. The first-order valence-electron chi connectivity index (χ1n) is 3.60. The van der Waals surface area contributed by atoms with Crippen molar-refractivity contribution in [2.75, 3.05) is 19.8 Å². The van der Waals surface area contributed by atoms with E-state index in [1.165, 1.54) is 4.90 Å². The van der Waals surface area contributed by atoms with E-state index in [1.54, 1.807) is 32.3 Å². The predicted octanol–water partition coefficient (Wildman–Crippen LogP) is 0.771. The molecule has 1 amide bonds. The van der Waals surface area contributed by atoms with Crippen LogP contribution in [0.4, 0.5) is 5.69 Å². The second-order valence-corrected chi connectivity index (χ2v) is 2.71. The van der Waals surface area contributed by atoms with Crippen LogP contribution in [0.3, 0.4) is 0 Å². The fourth-order valence-electron chi connectivity index (χ4n) is 0.869. The summed E-state index contributed by atoms with van der Waals surface area (Å²) in [5.41, 5.74) is 6.59. The van der Waals surface area contributed by atoms with Crippen molar-refractivity contribution in [1.82, 2.24) is 4.90 Å². The van der Waals surface area contributed by atoms with Crippen LogP contribution in [0, 0.1) is 6.07 Å². The third-order valence-electron chi connectivity index (χ3n) is 1.53. The molecule has 0 saturated heterocycles. The second-order valence-electron chi connectivity index (χ2n) is 2.71. The Morgan fingerprint density at radius 1 is 1.58 bits per heavy atom. The summed E-state index contributed by atoms with van der Waals surface area (Å²) in [7, 11) is 3.38. The van der Waals surface area contributed by atoms with Gasteiger partial charge in [0.2, 0.25) is 0 Å². The van der Waals surface area contributed by atoms with E-state index in [4.69, 9.17) is 5.73 Å². The number of amides is 1. The first kappa shape index (κ1) is 8.59. The van der Waals surface area contributed by atoms with Crippen molar-refractivity contribution >= 4 is 11.6 Å². The first-order valence-corrected chi connectivity index (χ1v) is 3.60. The Morgan fingerprint density at radius 2 is 2.25 bits per heavy atom. The Morgan fingerprint density at radius 3 is 2.75 bits per heavy atom. The molecule has 1 radical (unpaired) electrons. The molecule has 0 aliphatic carbocycles. The van der Waals surface area contributed by atoms with E-state index < -0.39 is 0 Å². The Hall–Kier alpha value is -1.51. The molecule has 0 fully saturated rings. The number of nitrogens with two attached hydrogens (primary N) is 1. The van der Waals surface area contributed by atoms with Crippen LogP contribution in [0.5, 0.6) is 0 Å². The largest absolute Gasteiger partial charge is 0.398 e. The molecule has 0 spiro atoms. The van der Waals surface area contributed by atoms with Crippen molar-refractivity contribution in [3.8, 4) is 0 Å². The molecule has 3 heteroatoms. The number of nitrogen functional groups attached to an aromatic ring is 1. The topological polar surface area (TPSA) is 46.3 Å². The molecule has 12 heavy (non-hydrogen) atoms. The molecule has 63 valence electrons. The van der Waals surface area contributed by atoms with Gasteiger partial charge in [-0.2, -0.15) is 0 Å². The molecule has 3 nitrogen and oxygen atoms in total. The van der Waals surface area contributed by atoms with Crippen LogP contribution in [0.1, 0.15) is 10.4 Å². The third kappa shape index (κ3) is 1.56. The quantitative estimate of drug-likeness (QED) is 0.621. The van der Waals surface area contributed by atoms with Crippen LogP contribution in [-0.4, -0.2) is 24.9 Å². The number of hydrogen-bond acceptors (Lipinski definition) is 2. The molecule has 0 unspecified atom stereocenters. The zero-order chi connectivity index (χ0) is 9.14. The van der Waals surface area contributed by atoms with Crippen molar-refractivity contribution in [3.05, 3.63) is 29.8 Å². The van der Waals surface area contributed by atoms with Gasteiger partial charge in [0.05, 0.1) is 5.56 Å². The minimum Gasteiger partial charge on any atom is -0.398 e. The molecule has 0 atom stereocenters. The Balaban J connectivity index is 3.03. The number of benzene rings is 1. The van der Waals surface area contributed by atoms with Gasteiger partial charge in [-0.15, -0.1) is 0 Å². The minimum atomic E-state index is -0.0932. The SMILES string of the molecule is CN(C)C(=O)c1c[c]ccc1N. The van der Waals surface area contributed by atoms with Gasteiger partial charge >= 0.3 is 0 Å². The van der Waals surface area contributed by atoms with Crippen LogP contribution >= 0.6 is 0 Å². The summed E-state index contributed by atoms with van der Waals surface area (Å²) in [4.78, 5) is 12.9. The van der Waals surface area contributed by atoms with E-state index in [2.05, 4.69) is 6.07 Å². The second kappa shape index (κ2) is 3.26. The Kier molecular flexibility index (Phi) is 2.33. The lowest BCUT2D eigenvalue weighted by Gasteiger charge is -2.11. The fourth-order valence-corrected chi connectivity index (χ4v) is 0.869. The molecular formula is C9H11N2O. The van der Waals surface area contributed by atoms with Gasteiger partial charge in [0.25, 0.3) is 5.91 Å². The van der Waals surface area contributed by atoms with Gasteiger partial charge in [-0.3, -0.25) is 4.79 Å². The molecule has 1 aromatic carbocycles. The maximum atomic E-state index is 11.4. The average Bonchev–Trinajstić information content (AvgIpc) is 2.04. The van der Waals surface area contributed by atoms with E-state index in [-0.39, 0.29) is 5.91 Å². The number of carbonyl (C=O) groups excluding carboxylic acids is 1. The van der Waals surface area contributed by atoms with Gasteiger partial charge in [0.15, 0.2) is 0 Å². The molecule has 0 saturated carbocycles. The first-order chi connectivity index (χ1) is 5.63. The van der Waals surface area contributed by atoms with Gasteiger partial charge < -0.3 is 10.6 Å². The minimum absolute atomic E-state index is 0.0932. The average molecular weight is 163 g/mol. The highest BCUT2D eigenvalue weighted by atomic mass is 16.2. The lowest BCUT2D eigenvalue weighted by atomic mass is 10.1. The smallest absolute Gasteiger partial charge is 0.255 e. The molecule has 2 N–H and O–H groups in total. The van der Waals surface area contributed by atoms with Gasteiger partial charge in [-0.1, -0.05) is 6.07 Å². The molecule has 0 heterocycles. The predicted molar refractivity (Wildman–Crippen MR) is 47.7 cm³/mol.